The zero-order chi connectivity index (χ0) is 24.5. The van der Waals surface area contributed by atoms with E-state index in [1.54, 1.807) is 41.3 Å². The molecule has 5 nitrogen and oxygen atoms in total. The van der Waals surface area contributed by atoms with E-state index in [9.17, 15) is 19.0 Å². The van der Waals surface area contributed by atoms with Crippen LogP contribution < -0.4 is 9.47 Å². The van der Waals surface area contributed by atoms with Crippen molar-refractivity contribution in [2.45, 2.75) is 31.9 Å². The lowest BCUT2D eigenvalue weighted by molar-refractivity contribution is -0.0386. The lowest BCUT2D eigenvalue weighted by atomic mass is 9.86. The van der Waals surface area contributed by atoms with E-state index < -0.39 is 18.6 Å². The van der Waals surface area contributed by atoms with Gasteiger partial charge in [-0.2, -0.15) is 0 Å². The van der Waals surface area contributed by atoms with Gasteiger partial charge in [-0.1, -0.05) is 24.3 Å². The highest BCUT2D eigenvalue weighted by molar-refractivity contribution is 5.95. The highest BCUT2D eigenvalue weighted by Gasteiger charge is 2.35. The zero-order valence-corrected chi connectivity index (χ0v) is 19.3. The smallest absolute Gasteiger partial charge is 0.253 e. The molecule has 0 bridgehead atoms. The van der Waals surface area contributed by atoms with Gasteiger partial charge in [0, 0.05) is 24.2 Å². The highest BCUT2D eigenvalue weighted by Crippen LogP contribution is 2.47. The molecule has 3 aromatic rings. The predicted octanol–water partition coefficient (Wildman–Crippen LogP) is 5.88. The van der Waals surface area contributed by atoms with Gasteiger partial charge in [-0.25, -0.2) is 8.78 Å². The summed E-state index contributed by atoms with van der Waals surface area (Å²) in [6.07, 6.45) is -2.22. The first-order chi connectivity index (χ1) is 16.9. The first-order valence-corrected chi connectivity index (χ1v) is 11.7. The van der Waals surface area contributed by atoms with Crippen molar-refractivity contribution < 1.29 is 28.5 Å². The molecule has 2 aliphatic rings. The summed E-state index contributed by atoms with van der Waals surface area (Å²) in [7, 11) is 0. The Balaban J connectivity index is 1.38. The molecule has 35 heavy (non-hydrogen) atoms. The van der Waals surface area contributed by atoms with E-state index >= 15 is 0 Å². The molecule has 2 heterocycles. The molecule has 0 radical (unpaired) electrons. The SMILES string of the molecule is CC1=C(c2cccc(O)c2)C(c2ccc(OCCN3CC[C@H]3C(F)F)cc2)Oc2ccc(O)cc21. The average Bonchev–Trinajstić information content (AvgIpc) is 2.81. The molecule has 2 atom stereocenters. The monoisotopic (exact) mass is 479 g/mol. The maximum Gasteiger partial charge on any atom is 0.253 e. The predicted molar refractivity (Wildman–Crippen MR) is 130 cm³/mol. The van der Waals surface area contributed by atoms with Crippen LogP contribution in [0.25, 0.3) is 11.1 Å². The first kappa shape index (κ1) is 23.2. The highest BCUT2D eigenvalue weighted by atomic mass is 19.3. The summed E-state index contributed by atoms with van der Waals surface area (Å²) in [4.78, 5) is 1.75. The molecule has 3 aromatic carbocycles. The second kappa shape index (κ2) is 9.58. The molecule has 2 aliphatic heterocycles. The maximum absolute atomic E-state index is 12.9. The number of aromatic hydroxyl groups is 2. The van der Waals surface area contributed by atoms with Gasteiger partial charge in [0.1, 0.15) is 35.7 Å². The number of rotatable bonds is 7. The normalized spacial score (nSPS) is 19.8. The number of phenolic OH excluding ortho intramolecular Hbond substituents is 2. The number of hydrogen-bond donors (Lipinski definition) is 2. The van der Waals surface area contributed by atoms with Crippen LogP contribution in [0.4, 0.5) is 8.78 Å². The largest absolute Gasteiger partial charge is 0.508 e. The summed E-state index contributed by atoms with van der Waals surface area (Å²) in [5.41, 5.74) is 4.36. The van der Waals surface area contributed by atoms with E-state index in [1.165, 1.54) is 0 Å². The minimum atomic E-state index is -2.31. The summed E-state index contributed by atoms with van der Waals surface area (Å²) in [6.45, 7) is 3.47. The molecule has 182 valence electrons. The molecule has 0 aromatic heterocycles. The zero-order valence-electron chi connectivity index (χ0n) is 19.3. The lowest BCUT2D eigenvalue weighted by Gasteiger charge is -2.40. The van der Waals surface area contributed by atoms with Gasteiger partial charge in [-0.15, -0.1) is 0 Å². The number of phenols is 2. The van der Waals surface area contributed by atoms with Crippen LogP contribution in [0.3, 0.4) is 0 Å². The fourth-order valence-electron chi connectivity index (χ4n) is 4.76. The summed E-state index contributed by atoms with van der Waals surface area (Å²) in [5.74, 6) is 1.63. The summed E-state index contributed by atoms with van der Waals surface area (Å²) < 4.78 is 38.0. The van der Waals surface area contributed by atoms with Crippen molar-refractivity contribution in [3.05, 3.63) is 83.4 Å². The fraction of sp³-hybridized carbons (Fsp3) is 0.286. The van der Waals surface area contributed by atoms with Crippen LogP contribution in [0.1, 0.15) is 36.1 Å². The maximum atomic E-state index is 12.9. The second-order valence-electron chi connectivity index (χ2n) is 8.91. The number of benzene rings is 3. The fourth-order valence-corrected chi connectivity index (χ4v) is 4.76. The van der Waals surface area contributed by atoms with Crippen molar-refractivity contribution in [3.8, 4) is 23.0 Å². The molecule has 7 heteroatoms. The van der Waals surface area contributed by atoms with Crippen molar-refractivity contribution in [3.63, 3.8) is 0 Å². The van der Waals surface area contributed by atoms with Gasteiger partial charge in [-0.3, -0.25) is 4.90 Å². The van der Waals surface area contributed by atoms with E-state index in [-0.39, 0.29) is 11.5 Å². The third-order valence-corrected chi connectivity index (χ3v) is 6.74. The molecule has 0 aliphatic carbocycles. The number of hydrogen-bond acceptors (Lipinski definition) is 5. The lowest BCUT2D eigenvalue weighted by Crippen LogP contribution is -2.53. The van der Waals surface area contributed by atoms with Gasteiger partial charge in [0.2, 0.25) is 0 Å². The van der Waals surface area contributed by atoms with Crippen molar-refractivity contribution in [1.82, 2.24) is 4.90 Å². The molecule has 1 saturated heterocycles. The Labute approximate surface area is 202 Å². The van der Waals surface area contributed by atoms with Crippen molar-refractivity contribution in [1.29, 1.82) is 0 Å². The van der Waals surface area contributed by atoms with Gasteiger partial charge in [-0.05, 0) is 72.5 Å². The molecule has 1 fully saturated rings. The Hall–Kier alpha value is -3.58. The van der Waals surface area contributed by atoms with E-state index in [0.29, 0.717) is 37.6 Å². The Morgan fingerprint density at radius 2 is 1.80 bits per heavy atom. The molecule has 2 N–H and O–H groups in total. The summed E-state index contributed by atoms with van der Waals surface area (Å²) >= 11 is 0. The molecule has 1 unspecified atom stereocenters. The number of nitrogens with zero attached hydrogens (tertiary/aromatic N) is 1. The number of likely N-dealkylation sites (tertiary alicyclic amines) is 1. The van der Waals surface area contributed by atoms with Gasteiger partial charge >= 0.3 is 0 Å². The van der Waals surface area contributed by atoms with Gasteiger partial charge in [0.15, 0.2) is 0 Å². The van der Waals surface area contributed by atoms with E-state index in [1.807, 2.05) is 37.3 Å². The second-order valence-corrected chi connectivity index (χ2v) is 8.91. The third-order valence-electron chi connectivity index (χ3n) is 6.74. The standard InChI is InChI=1S/C28H27F2NO4/c1-17-23-16-21(33)7-10-25(23)35-27(26(17)19-3-2-4-20(32)15-19)18-5-8-22(9-6-18)34-14-13-31-12-11-24(31)28(29)30/h2-10,15-16,24,27-28,32-33H,11-14H2,1H3/t24-,27?/m0/s1. The van der Waals surface area contributed by atoms with Crippen LogP contribution >= 0.6 is 0 Å². The van der Waals surface area contributed by atoms with Crippen LogP contribution in [-0.2, 0) is 0 Å². The number of halogens is 2. The third kappa shape index (κ3) is 4.68. The van der Waals surface area contributed by atoms with Crippen LogP contribution in [0.5, 0.6) is 23.0 Å². The van der Waals surface area contributed by atoms with Gasteiger partial charge in [0.25, 0.3) is 6.43 Å². The van der Waals surface area contributed by atoms with E-state index in [2.05, 4.69) is 0 Å². The molecule has 5 rings (SSSR count). The quantitative estimate of drug-likeness (QED) is 0.443. The van der Waals surface area contributed by atoms with Gasteiger partial charge < -0.3 is 19.7 Å². The number of alkyl halides is 2. The Morgan fingerprint density at radius 1 is 1.03 bits per heavy atom. The van der Waals surface area contributed by atoms with Crippen molar-refractivity contribution in [2.75, 3.05) is 19.7 Å². The average molecular weight is 480 g/mol. The number of fused-ring (bicyclic) bond motifs is 1. The summed E-state index contributed by atoms with van der Waals surface area (Å²) in [6, 6.07) is 18.9. The molecule has 0 saturated carbocycles. The number of ether oxygens (including phenoxy) is 2. The van der Waals surface area contributed by atoms with Crippen LogP contribution in [0.2, 0.25) is 0 Å². The minimum Gasteiger partial charge on any atom is -0.508 e. The molecule has 0 spiro atoms. The number of allylic oxidation sites excluding steroid dienone is 1. The summed E-state index contributed by atoms with van der Waals surface area (Å²) in [5, 5.41) is 20.1. The first-order valence-electron chi connectivity index (χ1n) is 11.7. The Morgan fingerprint density at radius 3 is 2.49 bits per heavy atom. The Bertz CT molecular complexity index is 1240. The van der Waals surface area contributed by atoms with Gasteiger partial charge in [0.05, 0.1) is 6.04 Å². The van der Waals surface area contributed by atoms with E-state index in [0.717, 1.165) is 27.8 Å². The molecule has 0 amide bonds. The molecular formula is C28H27F2NO4. The van der Waals surface area contributed by atoms with E-state index in [4.69, 9.17) is 9.47 Å². The Kier molecular flexibility index (Phi) is 6.34. The molecular weight excluding hydrogens is 452 g/mol. The van der Waals surface area contributed by atoms with Crippen LogP contribution in [0, 0.1) is 0 Å². The van der Waals surface area contributed by atoms with Crippen molar-refractivity contribution >= 4 is 11.1 Å². The van der Waals surface area contributed by atoms with Crippen molar-refractivity contribution in [2.24, 2.45) is 0 Å². The topological polar surface area (TPSA) is 62.2 Å². The minimum absolute atomic E-state index is 0.153. The van der Waals surface area contributed by atoms with Crippen LogP contribution in [0.15, 0.2) is 66.7 Å². The van der Waals surface area contributed by atoms with Crippen LogP contribution in [-0.4, -0.2) is 47.3 Å².